The minimum atomic E-state index is 0.925. The van der Waals surface area contributed by atoms with E-state index in [0.717, 1.165) is 11.8 Å². The lowest BCUT2D eigenvalue weighted by molar-refractivity contribution is 0.351. The van der Waals surface area contributed by atoms with Gasteiger partial charge in [0.05, 0.1) is 0 Å². The van der Waals surface area contributed by atoms with Crippen LogP contribution in [0.4, 0.5) is 0 Å². The Hall–Kier alpha value is -0.0800. The van der Waals surface area contributed by atoms with Crippen molar-refractivity contribution in [2.45, 2.75) is 52.4 Å². The maximum absolute atomic E-state index is 3.37. The molecule has 0 radical (unpaired) electrons. The highest BCUT2D eigenvalue weighted by molar-refractivity contribution is 4.67. The predicted octanol–water partition coefficient (Wildman–Crippen LogP) is 2.79. The number of piperidine rings is 2. The zero-order chi connectivity index (χ0) is 11.6. The summed E-state index contributed by atoms with van der Waals surface area (Å²) >= 11 is 0. The fraction of sp³-hybridized carbons (Fsp3) is 1.00. The summed E-state index contributed by atoms with van der Waals surface area (Å²) < 4.78 is 0. The van der Waals surface area contributed by atoms with Crippen LogP contribution in [0.25, 0.3) is 0 Å². The first kappa shape index (κ1) is 14.0. The highest BCUT2D eigenvalue weighted by Gasteiger charge is 2.10. The van der Waals surface area contributed by atoms with Crippen LogP contribution >= 0.6 is 0 Å². The standard InChI is InChI=1S/C8H17N.C6H13N/c1-2-3-8-4-6-9-7-5-8;1-6-3-2-4-7-5-6/h8-9H,2-7H2,1H3;6-7H,2-5H2,1H3. The smallest absolute Gasteiger partial charge is 0.00231 e. The second kappa shape index (κ2) is 9.00. The van der Waals surface area contributed by atoms with Crippen LogP contribution in [0.15, 0.2) is 0 Å². The molecule has 16 heavy (non-hydrogen) atoms. The van der Waals surface area contributed by atoms with E-state index < -0.39 is 0 Å². The molecule has 2 aliphatic heterocycles. The molecule has 2 fully saturated rings. The van der Waals surface area contributed by atoms with E-state index in [4.69, 9.17) is 0 Å². The molecule has 1 unspecified atom stereocenters. The molecule has 1 atom stereocenters. The van der Waals surface area contributed by atoms with Gasteiger partial charge in [0.1, 0.15) is 0 Å². The third kappa shape index (κ3) is 6.49. The Morgan fingerprint density at radius 3 is 2.19 bits per heavy atom. The quantitative estimate of drug-likeness (QED) is 0.756. The van der Waals surface area contributed by atoms with E-state index in [-0.39, 0.29) is 0 Å². The van der Waals surface area contributed by atoms with Crippen LogP contribution in [-0.4, -0.2) is 26.2 Å². The number of nitrogens with one attached hydrogen (secondary N) is 2. The number of hydrogen-bond acceptors (Lipinski definition) is 2. The monoisotopic (exact) mass is 226 g/mol. The second-order valence-corrected chi connectivity index (χ2v) is 5.43. The van der Waals surface area contributed by atoms with Crippen molar-refractivity contribution in [3.63, 3.8) is 0 Å². The van der Waals surface area contributed by atoms with Gasteiger partial charge in [0, 0.05) is 0 Å². The van der Waals surface area contributed by atoms with Gasteiger partial charge < -0.3 is 10.6 Å². The van der Waals surface area contributed by atoms with Gasteiger partial charge in [-0.15, -0.1) is 0 Å². The molecule has 2 rings (SSSR count). The second-order valence-electron chi connectivity index (χ2n) is 5.43. The molecule has 2 saturated heterocycles. The van der Waals surface area contributed by atoms with Crippen LogP contribution in [-0.2, 0) is 0 Å². The molecule has 96 valence electrons. The molecule has 0 bridgehead atoms. The maximum atomic E-state index is 3.37. The van der Waals surface area contributed by atoms with Crippen molar-refractivity contribution in [2.75, 3.05) is 26.2 Å². The van der Waals surface area contributed by atoms with Gasteiger partial charge in [-0.2, -0.15) is 0 Å². The third-order valence-electron chi connectivity index (χ3n) is 3.70. The Kier molecular flexibility index (Phi) is 7.87. The molecular formula is C14H30N2. The molecule has 2 N–H and O–H groups in total. The van der Waals surface area contributed by atoms with E-state index in [1.807, 2.05) is 0 Å². The molecule has 2 heteroatoms. The summed E-state index contributed by atoms with van der Waals surface area (Å²) in [4.78, 5) is 0. The van der Waals surface area contributed by atoms with Crippen LogP contribution in [0.3, 0.4) is 0 Å². The summed E-state index contributed by atoms with van der Waals surface area (Å²) in [6.07, 6.45) is 8.43. The molecule has 2 aliphatic rings. The largest absolute Gasteiger partial charge is 0.317 e. The highest BCUT2D eigenvalue weighted by Crippen LogP contribution is 2.16. The zero-order valence-electron chi connectivity index (χ0n) is 11.2. The normalized spacial score (nSPS) is 27.0. The maximum Gasteiger partial charge on any atom is -0.00231 e. The summed E-state index contributed by atoms with van der Waals surface area (Å²) in [6, 6.07) is 0. The molecule has 2 heterocycles. The minimum absolute atomic E-state index is 0.925. The van der Waals surface area contributed by atoms with Crippen molar-refractivity contribution in [3.05, 3.63) is 0 Å². The van der Waals surface area contributed by atoms with E-state index in [2.05, 4.69) is 24.5 Å². The van der Waals surface area contributed by atoms with Gasteiger partial charge in [-0.1, -0.05) is 26.7 Å². The first-order valence-corrected chi connectivity index (χ1v) is 7.24. The lowest BCUT2D eigenvalue weighted by Gasteiger charge is -2.21. The average Bonchev–Trinajstić information content (AvgIpc) is 2.33. The Labute approximate surface area is 102 Å². The van der Waals surface area contributed by atoms with Gasteiger partial charge in [-0.25, -0.2) is 0 Å². The van der Waals surface area contributed by atoms with E-state index in [0.29, 0.717) is 0 Å². The van der Waals surface area contributed by atoms with E-state index in [1.54, 1.807) is 0 Å². The molecule has 0 saturated carbocycles. The zero-order valence-corrected chi connectivity index (χ0v) is 11.2. The third-order valence-corrected chi connectivity index (χ3v) is 3.70. The average molecular weight is 226 g/mol. The van der Waals surface area contributed by atoms with Gasteiger partial charge in [0.15, 0.2) is 0 Å². The van der Waals surface area contributed by atoms with E-state index in [9.17, 15) is 0 Å². The first-order chi connectivity index (χ1) is 7.83. The fourth-order valence-electron chi connectivity index (χ4n) is 2.60. The van der Waals surface area contributed by atoms with Crippen LogP contribution in [0.5, 0.6) is 0 Å². The Morgan fingerprint density at radius 1 is 1.00 bits per heavy atom. The molecule has 0 aromatic carbocycles. The molecule has 0 spiro atoms. The van der Waals surface area contributed by atoms with Crippen LogP contribution in [0.2, 0.25) is 0 Å². The molecule has 0 aromatic rings. The van der Waals surface area contributed by atoms with E-state index >= 15 is 0 Å². The summed E-state index contributed by atoms with van der Waals surface area (Å²) in [7, 11) is 0. The SMILES string of the molecule is CC1CCCNC1.CCCC1CCNCC1. The highest BCUT2D eigenvalue weighted by atomic mass is 14.9. The first-order valence-electron chi connectivity index (χ1n) is 7.24. The topological polar surface area (TPSA) is 24.1 Å². The van der Waals surface area contributed by atoms with Gasteiger partial charge in [-0.3, -0.25) is 0 Å². The lowest BCUT2D eigenvalue weighted by atomic mass is 9.94. The van der Waals surface area contributed by atoms with Gasteiger partial charge >= 0.3 is 0 Å². The van der Waals surface area contributed by atoms with Crippen molar-refractivity contribution in [1.29, 1.82) is 0 Å². The number of hydrogen-bond donors (Lipinski definition) is 2. The number of rotatable bonds is 2. The van der Waals surface area contributed by atoms with E-state index in [1.165, 1.54) is 64.7 Å². The van der Waals surface area contributed by atoms with Crippen molar-refractivity contribution < 1.29 is 0 Å². The Morgan fingerprint density at radius 2 is 1.75 bits per heavy atom. The van der Waals surface area contributed by atoms with Gasteiger partial charge in [0.2, 0.25) is 0 Å². The van der Waals surface area contributed by atoms with Gasteiger partial charge in [-0.05, 0) is 63.7 Å². The van der Waals surface area contributed by atoms with Crippen molar-refractivity contribution >= 4 is 0 Å². The van der Waals surface area contributed by atoms with Crippen molar-refractivity contribution in [3.8, 4) is 0 Å². The van der Waals surface area contributed by atoms with Crippen molar-refractivity contribution in [2.24, 2.45) is 11.8 Å². The molecule has 0 aliphatic carbocycles. The predicted molar refractivity (Wildman–Crippen MR) is 71.8 cm³/mol. The molecular weight excluding hydrogens is 196 g/mol. The van der Waals surface area contributed by atoms with Crippen LogP contribution in [0, 0.1) is 11.8 Å². The van der Waals surface area contributed by atoms with Crippen LogP contribution < -0.4 is 10.6 Å². The summed E-state index contributed by atoms with van der Waals surface area (Å²) in [6.45, 7) is 9.56. The Bertz CT molecular complexity index is 144. The Balaban J connectivity index is 0.000000165. The summed E-state index contributed by atoms with van der Waals surface area (Å²) in [5, 5.41) is 6.71. The molecule has 0 amide bonds. The molecule has 2 nitrogen and oxygen atoms in total. The lowest BCUT2D eigenvalue weighted by Crippen LogP contribution is -2.27. The fourth-order valence-corrected chi connectivity index (χ4v) is 2.60. The van der Waals surface area contributed by atoms with Crippen molar-refractivity contribution in [1.82, 2.24) is 10.6 Å². The van der Waals surface area contributed by atoms with Crippen LogP contribution in [0.1, 0.15) is 52.4 Å². The van der Waals surface area contributed by atoms with Gasteiger partial charge in [0.25, 0.3) is 0 Å². The summed E-state index contributed by atoms with van der Waals surface area (Å²) in [5.41, 5.74) is 0. The minimum Gasteiger partial charge on any atom is -0.317 e. The molecule has 0 aromatic heterocycles. The summed E-state index contributed by atoms with van der Waals surface area (Å²) in [5.74, 6) is 1.96.